The molecule has 0 radical (unpaired) electrons. The first kappa shape index (κ1) is 20.3. The molecule has 0 saturated heterocycles. The van der Waals surface area contributed by atoms with Gasteiger partial charge in [-0.3, -0.25) is 9.36 Å². The summed E-state index contributed by atoms with van der Waals surface area (Å²) in [7, 11) is 1.59. The minimum atomic E-state index is -0.139. The summed E-state index contributed by atoms with van der Waals surface area (Å²) in [5.74, 6) is 1.82. The highest BCUT2D eigenvalue weighted by Gasteiger charge is 2.16. The number of hydrogen-bond donors (Lipinski definition) is 0. The molecule has 3 aromatic carbocycles. The average molecular weight is 439 g/mol. The van der Waals surface area contributed by atoms with Gasteiger partial charge in [0.25, 0.3) is 5.56 Å². The Morgan fingerprint density at radius 1 is 0.967 bits per heavy atom. The van der Waals surface area contributed by atoms with Gasteiger partial charge < -0.3 is 9.47 Å². The van der Waals surface area contributed by atoms with Crippen LogP contribution in [0.5, 0.6) is 11.5 Å². The second-order valence-electron chi connectivity index (χ2n) is 6.35. The van der Waals surface area contributed by atoms with Crippen LogP contribution >= 0.6 is 23.4 Å². The van der Waals surface area contributed by atoms with Crippen molar-refractivity contribution < 1.29 is 9.47 Å². The Morgan fingerprint density at radius 3 is 2.47 bits per heavy atom. The summed E-state index contributed by atoms with van der Waals surface area (Å²) in [6.07, 6.45) is 0. The molecule has 0 bridgehead atoms. The van der Waals surface area contributed by atoms with Crippen molar-refractivity contribution in [1.82, 2.24) is 9.55 Å². The largest absolute Gasteiger partial charge is 0.495 e. The molecule has 152 valence electrons. The Hall–Kier alpha value is -2.96. The van der Waals surface area contributed by atoms with Gasteiger partial charge in [0.05, 0.1) is 35.3 Å². The van der Waals surface area contributed by atoms with Crippen molar-refractivity contribution in [2.75, 3.05) is 19.5 Å². The fourth-order valence-corrected chi connectivity index (χ4v) is 4.10. The van der Waals surface area contributed by atoms with Crippen molar-refractivity contribution in [1.29, 1.82) is 0 Å². The predicted molar refractivity (Wildman–Crippen MR) is 122 cm³/mol. The van der Waals surface area contributed by atoms with Crippen LogP contribution in [0, 0.1) is 0 Å². The maximum atomic E-state index is 13.3. The minimum absolute atomic E-state index is 0.139. The topological polar surface area (TPSA) is 53.4 Å². The standard InChI is InChI=1S/C23H19ClN2O3S/c1-28-21-13-7-5-11-19(21)26-22(27)16-8-2-4-10-18(16)25-23(26)30-15-14-29-20-12-6-3-9-17(20)24/h2-13H,14-15H2,1H3. The molecule has 0 atom stereocenters. The van der Waals surface area contributed by atoms with E-state index in [4.69, 9.17) is 26.1 Å². The van der Waals surface area contributed by atoms with E-state index in [1.54, 1.807) is 23.8 Å². The quantitative estimate of drug-likeness (QED) is 0.225. The number of hydrogen-bond acceptors (Lipinski definition) is 5. The highest BCUT2D eigenvalue weighted by atomic mass is 35.5. The lowest BCUT2D eigenvalue weighted by atomic mass is 10.2. The van der Waals surface area contributed by atoms with Gasteiger partial charge in [-0.25, -0.2) is 4.98 Å². The van der Waals surface area contributed by atoms with Crippen LogP contribution in [0.15, 0.2) is 82.7 Å². The lowest BCUT2D eigenvalue weighted by Gasteiger charge is -2.16. The lowest BCUT2D eigenvalue weighted by Crippen LogP contribution is -2.22. The number of methoxy groups -OCH3 is 1. The second-order valence-corrected chi connectivity index (χ2v) is 7.82. The monoisotopic (exact) mass is 438 g/mol. The fourth-order valence-electron chi connectivity index (χ4n) is 3.08. The van der Waals surface area contributed by atoms with Crippen LogP contribution in [-0.2, 0) is 0 Å². The Kier molecular flexibility index (Phi) is 6.26. The van der Waals surface area contributed by atoms with Crippen LogP contribution < -0.4 is 15.0 Å². The van der Waals surface area contributed by atoms with Crippen LogP contribution in [0.1, 0.15) is 0 Å². The normalized spacial score (nSPS) is 10.9. The van der Waals surface area contributed by atoms with Gasteiger partial charge >= 0.3 is 0 Å². The number of ether oxygens (including phenoxy) is 2. The number of para-hydroxylation sites is 4. The van der Waals surface area contributed by atoms with E-state index < -0.39 is 0 Å². The highest BCUT2D eigenvalue weighted by molar-refractivity contribution is 7.99. The Bertz CT molecular complexity index is 1240. The predicted octanol–water partition coefficient (Wildman–Crippen LogP) is 5.22. The molecule has 0 saturated carbocycles. The second kappa shape index (κ2) is 9.24. The number of rotatable bonds is 7. The van der Waals surface area contributed by atoms with Gasteiger partial charge in [0.15, 0.2) is 5.16 Å². The molecule has 4 rings (SSSR count). The van der Waals surface area contributed by atoms with Crippen molar-refractivity contribution in [3.63, 3.8) is 0 Å². The first-order valence-electron chi connectivity index (χ1n) is 9.34. The van der Waals surface area contributed by atoms with Gasteiger partial charge in [0, 0.05) is 5.75 Å². The molecule has 1 heterocycles. The summed E-state index contributed by atoms with van der Waals surface area (Å²) in [4.78, 5) is 18.1. The van der Waals surface area contributed by atoms with Crippen LogP contribution in [0.2, 0.25) is 5.02 Å². The van der Waals surface area contributed by atoms with Crippen molar-refractivity contribution in [2.45, 2.75) is 5.16 Å². The highest BCUT2D eigenvalue weighted by Crippen LogP contribution is 2.28. The Labute approximate surface area is 183 Å². The Balaban J connectivity index is 1.68. The molecule has 0 aliphatic rings. The molecule has 4 aromatic rings. The van der Waals surface area contributed by atoms with Gasteiger partial charge in [-0.15, -0.1) is 0 Å². The van der Waals surface area contributed by atoms with Gasteiger partial charge in [-0.05, 0) is 36.4 Å². The van der Waals surface area contributed by atoms with E-state index in [-0.39, 0.29) is 5.56 Å². The van der Waals surface area contributed by atoms with Crippen LogP contribution in [0.25, 0.3) is 16.6 Å². The number of benzene rings is 3. The van der Waals surface area contributed by atoms with Gasteiger partial charge in [-0.1, -0.05) is 59.8 Å². The zero-order valence-corrected chi connectivity index (χ0v) is 17.8. The number of thioether (sulfide) groups is 1. The fraction of sp³-hybridized carbons (Fsp3) is 0.130. The molecule has 7 heteroatoms. The average Bonchev–Trinajstić information content (AvgIpc) is 2.78. The number of nitrogens with zero attached hydrogens (tertiary/aromatic N) is 2. The molecule has 0 aliphatic heterocycles. The van der Waals surface area contributed by atoms with Crippen LogP contribution in [0.4, 0.5) is 0 Å². The first-order chi connectivity index (χ1) is 14.7. The molecule has 0 aliphatic carbocycles. The minimum Gasteiger partial charge on any atom is -0.495 e. The molecular weight excluding hydrogens is 420 g/mol. The smallest absolute Gasteiger partial charge is 0.266 e. The van der Waals surface area contributed by atoms with Crippen molar-refractivity contribution >= 4 is 34.3 Å². The zero-order valence-electron chi connectivity index (χ0n) is 16.2. The molecular formula is C23H19ClN2O3S. The molecule has 5 nitrogen and oxygen atoms in total. The SMILES string of the molecule is COc1ccccc1-n1c(SCCOc2ccccc2Cl)nc2ccccc2c1=O. The van der Waals surface area contributed by atoms with E-state index in [0.717, 1.165) is 0 Å². The maximum Gasteiger partial charge on any atom is 0.266 e. The lowest BCUT2D eigenvalue weighted by molar-refractivity contribution is 0.344. The van der Waals surface area contributed by atoms with Crippen molar-refractivity contribution in [3.05, 3.63) is 88.2 Å². The third-order valence-electron chi connectivity index (χ3n) is 4.48. The third kappa shape index (κ3) is 4.15. The number of aromatic nitrogens is 2. The van der Waals surface area contributed by atoms with E-state index >= 15 is 0 Å². The van der Waals surface area contributed by atoms with Crippen LogP contribution in [-0.4, -0.2) is 29.0 Å². The molecule has 0 spiro atoms. The molecule has 0 fully saturated rings. The van der Waals surface area contributed by atoms with E-state index in [1.807, 2.05) is 60.7 Å². The molecule has 0 amide bonds. The third-order valence-corrected chi connectivity index (χ3v) is 5.69. The zero-order chi connectivity index (χ0) is 20.9. The maximum absolute atomic E-state index is 13.3. The van der Waals surface area contributed by atoms with Crippen molar-refractivity contribution in [3.8, 4) is 17.2 Å². The summed E-state index contributed by atoms with van der Waals surface area (Å²) < 4.78 is 12.9. The van der Waals surface area contributed by atoms with Gasteiger partial charge in [0.2, 0.25) is 0 Å². The summed E-state index contributed by atoms with van der Waals surface area (Å²) in [5.41, 5.74) is 1.17. The number of halogens is 1. The van der Waals surface area contributed by atoms with E-state index in [2.05, 4.69) is 0 Å². The summed E-state index contributed by atoms with van der Waals surface area (Å²) in [6, 6.07) is 22.1. The Morgan fingerprint density at radius 2 is 1.67 bits per heavy atom. The summed E-state index contributed by atoms with van der Waals surface area (Å²) >= 11 is 7.58. The van der Waals surface area contributed by atoms with Crippen molar-refractivity contribution in [2.24, 2.45) is 0 Å². The number of fused-ring (bicyclic) bond motifs is 1. The van der Waals surface area contributed by atoms with Gasteiger partial charge in [-0.2, -0.15) is 0 Å². The van der Waals surface area contributed by atoms with E-state index in [0.29, 0.717) is 50.6 Å². The van der Waals surface area contributed by atoms with E-state index in [1.165, 1.54) is 11.8 Å². The first-order valence-corrected chi connectivity index (χ1v) is 10.7. The molecule has 1 aromatic heterocycles. The summed E-state index contributed by atoms with van der Waals surface area (Å²) in [6.45, 7) is 0.420. The molecule has 0 N–H and O–H groups in total. The van der Waals surface area contributed by atoms with Crippen LogP contribution in [0.3, 0.4) is 0 Å². The molecule has 0 unspecified atom stereocenters. The summed E-state index contributed by atoms with van der Waals surface area (Å²) in [5, 5.41) is 1.70. The molecule has 30 heavy (non-hydrogen) atoms. The van der Waals surface area contributed by atoms with Gasteiger partial charge in [0.1, 0.15) is 11.5 Å². The van der Waals surface area contributed by atoms with E-state index in [9.17, 15) is 4.79 Å².